The Kier molecular flexibility index (Phi) is 8.37. The highest BCUT2D eigenvalue weighted by Gasteiger charge is 2.15. The molecule has 0 aromatic carbocycles. The van der Waals surface area contributed by atoms with Crippen molar-refractivity contribution in [1.82, 2.24) is 4.98 Å². The molecular formula is C10H20Cl2N4O2S. The van der Waals surface area contributed by atoms with Gasteiger partial charge in [0.25, 0.3) is 0 Å². The Labute approximate surface area is 126 Å². The lowest BCUT2D eigenvalue weighted by Crippen LogP contribution is -2.39. The van der Waals surface area contributed by atoms with Crippen molar-refractivity contribution in [2.24, 2.45) is 5.73 Å². The summed E-state index contributed by atoms with van der Waals surface area (Å²) in [4.78, 5) is 4.10. The van der Waals surface area contributed by atoms with Gasteiger partial charge in [-0.05, 0) is 26.0 Å². The molecule has 1 heterocycles. The largest absolute Gasteiger partial charge is 0.364 e. The van der Waals surface area contributed by atoms with E-state index < -0.39 is 10.0 Å². The fourth-order valence-corrected chi connectivity index (χ4v) is 1.69. The number of nitrogens with two attached hydrogens (primary N) is 1. The first-order valence-corrected chi connectivity index (χ1v) is 7.03. The highest BCUT2D eigenvalue weighted by Crippen LogP contribution is 2.14. The lowest BCUT2D eigenvalue weighted by Gasteiger charge is -2.24. The molecule has 1 aromatic heterocycles. The molecule has 0 amide bonds. The van der Waals surface area contributed by atoms with Gasteiger partial charge < -0.3 is 11.1 Å². The van der Waals surface area contributed by atoms with Gasteiger partial charge >= 0.3 is 0 Å². The zero-order valence-electron chi connectivity index (χ0n) is 11.0. The molecule has 0 aliphatic rings. The van der Waals surface area contributed by atoms with E-state index in [2.05, 4.69) is 15.0 Å². The molecule has 0 radical (unpaired) electrons. The number of nitrogens with zero attached hydrogens (tertiary/aromatic N) is 1. The first kappa shape index (κ1) is 20.6. The van der Waals surface area contributed by atoms with Crippen LogP contribution in [0.3, 0.4) is 0 Å². The number of anilines is 2. The molecule has 9 heteroatoms. The van der Waals surface area contributed by atoms with Crippen molar-refractivity contribution in [3.8, 4) is 0 Å². The maximum atomic E-state index is 11.0. The highest BCUT2D eigenvalue weighted by atomic mass is 35.5. The summed E-state index contributed by atoms with van der Waals surface area (Å²) in [6.07, 6.45) is 2.55. The van der Waals surface area contributed by atoms with E-state index in [1.165, 1.54) is 6.20 Å². The van der Waals surface area contributed by atoms with E-state index in [-0.39, 0.29) is 30.4 Å². The lowest BCUT2D eigenvalue weighted by atomic mass is 10.1. The lowest BCUT2D eigenvalue weighted by molar-refractivity contribution is 0.577. The Balaban J connectivity index is 0. The molecule has 0 spiro atoms. The van der Waals surface area contributed by atoms with Crippen LogP contribution in [-0.4, -0.2) is 31.7 Å². The number of pyridine rings is 1. The van der Waals surface area contributed by atoms with Crippen LogP contribution in [0.1, 0.15) is 13.8 Å². The molecule has 6 nitrogen and oxygen atoms in total. The molecule has 0 bridgehead atoms. The first-order valence-electron chi connectivity index (χ1n) is 5.14. The molecule has 0 saturated heterocycles. The summed E-state index contributed by atoms with van der Waals surface area (Å²) in [5.74, 6) is 0.652. The highest BCUT2D eigenvalue weighted by molar-refractivity contribution is 7.92. The van der Waals surface area contributed by atoms with Crippen LogP contribution in [0.15, 0.2) is 18.3 Å². The van der Waals surface area contributed by atoms with Crippen molar-refractivity contribution in [2.75, 3.05) is 22.8 Å². The van der Waals surface area contributed by atoms with Gasteiger partial charge in [-0.1, -0.05) is 0 Å². The topological polar surface area (TPSA) is 97.1 Å². The third-order valence-corrected chi connectivity index (χ3v) is 2.65. The third kappa shape index (κ3) is 8.10. The Morgan fingerprint density at radius 1 is 1.32 bits per heavy atom. The summed E-state index contributed by atoms with van der Waals surface area (Å²) >= 11 is 0. The van der Waals surface area contributed by atoms with E-state index in [1.54, 1.807) is 12.1 Å². The normalized spacial score (nSPS) is 10.9. The monoisotopic (exact) mass is 330 g/mol. The molecule has 0 atom stereocenters. The van der Waals surface area contributed by atoms with Gasteiger partial charge in [-0.3, -0.25) is 4.72 Å². The zero-order chi connectivity index (χ0) is 13.1. The number of hydrogen-bond acceptors (Lipinski definition) is 5. The number of hydrogen-bond donors (Lipinski definition) is 3. The summed E-state index contributed by atoms with van der Waals surface area (Å²) in [5.41, 5.74) is 5.77. The molecular weight excluding hydrogens is 311 g/mol. The summed E-state index contributed by atoms with van der Waals surface area (Å²) in [6, 6.07) is 3.34. The fraction of sp³-hybridized carbons (Fsp3) is 0.500. The minimum absolute atomic E-state index is 0. The van der Waals surface area contributed by atoms with E-state index >= 15 is 0 Å². The van der Waals surface area contributed by atoms with Gasteiger partial charge in [0.2, 0.25) is 10.0 Å². The third-order valence-electron chi connectivity index (χ3n) is 2.04. The summed E-state index contributed by atoms with van der Waals surface area (Å²) in [6.45, 7) is 4.38. The fourth-order valence-electron chi connectivity index (χ4n) is 1.14. The van der Waals surface area contributed by atoms with Gasteiger partial charge in [0.15, 0.2) is 0 Å². The Morgan fingerprint density at radius 2 is 1.89 bits per heavy atom. The quantitative estimate of drug-likeness (QED) is 0.759. The standard InChI is InChI=1S/C10H18N4O2S.2ClH/c1-10(2,7-11)13-9-5-4-8(6-12-9)14-17(3,15)16;;/h4-6,14H,7,11H2,1-3H3,(H,12,13);2*1H. The summed E-state index contributed by atoms with van der Waals surface area (Å²) in [5, 5.41) is 3.14. The van der Waals surface area contributed by atoms with E-state index in [9.17, 15) is 8.42 Å². The van der Waals surface area contributed by atoms with Crippen LogP contribution in [-0.2, 0) is 10.0 Å². The van der Waals surface area contributed by atoms with Gasteiger partial charge in [0, 0.05) is 12.1 Å². The second kappa shape index (κ2) is 7.74. The van der Waals surface area contributed by atoms with E-state index in [0.717, 1.165) is 6.26 Å². The van der Waals surface area contributed by atoms with Crippen LogP contribution in [0.25, 0.3) is 0 Å². The van der Waals surface area contributed by atoms with Gasteiger partial charge in [0.1, 0.15) is 5.82 Å². The maximum Gasteiger partial charge on any atom is 0.229 e. The SMILES string of the molecule is CC(C)(CN)Nc1ccc(NS(C)(=O)=O)cn1.Cl.Cl. The molecule has 0 fully saturated rings. The second-order valence-corrected chi connectivity index (χ2v) is 6.27. The zero-order valence-corrected chi connectivity index (χ0v) is 13.5. The number of halogens is 2. The van der Waals surface area contributed by atoms with Crippen molar-refractivity contribution in [3.63, 3.8) is 0 Å². The Hall–Kier alpha value is -0.760. The Bertz CT molecular complexity index is 477. The smallest absolute Gasteiger partial charge is 0.229 e. The first-order chi connectivity index (χ1) is 7.72. The molecule has 0 saturated carbocycles. The van der Waals surface area contributed by atoms with E-state index in [1.807, 2.05) is 13.8 Å². The van der Waals surface area contributed by atoms with Gasteiger partial charge in [0.05, 0.1) is 18.1 Å². The number of nitrogens with one attached hydrogen (secondary N) is 2. The van der Waals surface area contributed by atoms with Crippen LogP contribution >= 0.6 is 24.8 Å². The molecule has 112 valence electrons. The predicted molar refractivity (Wildman–Crippen MR) is 84.0 cm³/mol. The molecule has 1 rings (SSSR count). The predicted octanol–water partition coefficient (Wildman–Crippen LogP) is 1.45. The number of rotatable bonds is 5. The van der Waals surface area contributed by atoms with Crippen molar-refractivity contribution in [3.05, 3.63) is 18.3 Å². The molecule has 0 aliphatic carbocycles. The van der Waals surface area contributed by atoms with E-state index in [0.29, 0.717) is 18.1 Å². The average molecular weight is 331 g/mol. The van der Waals surface area contributed by atoms with Crippen LogP contribution < -0.4 is 15.8 Å². The maximum absolute atomic E-state index is 11.0. The number of sulfonamides is 1. The number of aromatic nitrogens is 1. The van der Waals surface area contributed by atoms with Crippen LogP contribution in [0, 0.1) is 0 Å². The molecule has 1 aromatic rings. The summed E-state index contributed by atoms with van der Waals surface area (Å²) in [7, 11) is -3.26. The van der Waals surface area contributed by atoms with Gasteiger partial charge in [-0.25, -0.2) is 13.4 Å². The van der Waals surface area contributed by atoms with E-state index in [4.69, 9.17) is 5.73 Å². The van der Waals surface area contributed by atoms with Crippen molar-refractivity contribution in [1.29, 1.82) is 0 Å². The van der Waals surface area contributed by atoms with Crippen LogP contribution in [0.4, 0.5) is 11.5 Å². The average Bonchev–Trinajstić information content (AvgIpc) is 2.19. The van der Waals surface area contributed by atoms with Crippen molar-refractivity contribution < 1.29 is 8.42 Å². The molecule has 4 N–H and O–H groups in total. The van der Waals surface area contributed by atoms with Gasteiger partial charge in [-0.2, -0.15) is 0 Å². The van der Waals surface area contributed by atoms with Gasteiger partial charge in [-0.15, -0.1) is 24.8 Å². The summed E-state index contributed by atoms with van der Waals surface area (Å²) < 4.78 is 24.3. The Morgan fingerprint density at radius 3 is 2.26 bits per heavy atom. The molecule has 0 unspecified atom stereocenters. The molecule has 19 heavy (non-hydrogen) atoms. The van der Waals surface area contributed by atoms with Crippen LogP contribution in [0.2, 0.25) is 0 Å². The van der Waals surface area contributed by atoms with Crippen molar-refractivity contribution >= 4 is 46.3 Å². The minimum atomic E-state index is -3.26. The minimum Gasteiger partial charge on any atom is -0.364 e. The second-order valence-electron chi connectivity index (χ2n) is 4.52. The molecule has 0 aliphatic heterocycles. The van der Waals surface area contributed by atoms with Crippen molar-refractivity contribution in [2.45, 2.75) is 19.4 Å². The van der Waals surface area contributed by atoms with Crippen LogP contribution in [0.5, 0.6) is 0 Å².